The summed E-state index contributed by atoms with van der Waals surface area (Å²) in [7, 11) is 0. The van der Waals surface area contributed by atoms with Gasteiger partial charge in [0.25, 0.3) is 0 Å². The third kappa shape index (κ3) is 2.32. The summed E-state index contributed by atoms with van der Waals surface area (Å²) in [5, 5.41) is 0. The smallest absolute Gasteiger partial charge is 0.123 e. The van der Waals surface area contributed by atoms with E-state index < -0.39 is 0 Å². The first kappa shape index (κ1) is 13.9. The van der Waals surface area contributed by atoms with E-state index in [-0.39, 0.29) is 23.4 Å². The van der Waals surface area contributed by atoms with Gasteiger partial charge < -0.3 is 10.5 Å². The van der Waals surface area contributed by atoms with Crippen molar-refractivity contribution in [2.75, 3.05) is 0 Å². The Kier molecular flexibility index (Phi) is 3.72. The van der Waals surface area contributed by atoms with E-state index in [0.29, 0.717) is 0 Å². The first-order valence-corrected chi connectivity index (χ1v) is 7.80. The number of hydrogen-bond donors (Lipinski definition) is 1. The van der Waals surface area contributed by atoms with Crippen LogP contribution in [0.15, 0.2) is 18.2 Å². The molecule has 0 radical (unpaired) electrons. The maximum atomic E-state index is 13.2. The van der Waals surface area contributed by atoms with Crippen LogP contribution in [0.1, 0.15) is 50.5 Å². The van der Waals surface area contributed by atoms with Gasteiger partial charge in [-0.05, 0) is 43.5 Å². The molecule has 1 aromatic rings. The largest absolute Gasteiger partial charge is 0.489 e. The fraction of sp³-hybridized carbons (Fsp3) is 0.647. The Morgan fingerprint density at radius 1 is 1.20 bits per heavy atom. The van der Waals surface area contributed by atoms with Crippen LogP contribution >= 0.6 is 0 Å². The lowest BCUT2D eigenvalue weighted by molar-refractivity contribution is -0.0773. The van der Waals surface area contributed by atoms with Crippen LogP contribution in [0.5, 0.6) is 5.75 Å². The summed E-state index contributed by atoms with van der Waals surface area (Å²) in [5.74, 6) is 0.608. The number of halogens is 1. The van der Waals surface area contributed by atoms with Crippen LogP contribution in [-0.4, -0.2) is 12.1 Å². The Morgan fingerprint density at radius 2 is 1.90 bits per heavy atom. The van der Waals surface area contributed by atoms with Crippen molar-refractivity contribution in [2.24, 2.45) is 11.1 Å². The van der Waals surface area contributed by atoms with Gasteiger partial charge in [-0.3, -0.25) is 0 Å². The van der Waals surface area contributed by atoms with Crippen molar-refractivity contribution in [2.45, 2.75) is 64.0 Å². The van der Waals surface area contributed by atoms with E-state index in [9.17, 15) is 4.39 Å². The third-order valence-electron chi connectivity index (χ3n) is 5.29. The highest BCUT2D eigenvalue weighted by Gasteiger charge is 2.54. The molecule has 2 aliphatic rings. The molecule has 2 unspecified atom stereocenters. The summed E-state index contributed by atoms with van der Waals surface area (Å²) < 4.78 is 19.4. The molecule has 0 bridgehead atoms. The minimum absolute atomic E-state index is 0.164. The highest BCUT2D eigenvalue weighted by Crippen LogP contribution is 2.51. The van der Waals surface area contributed by atoms with Gasteiger partial charge in [0, 0.05) is 17.9 Å². The summed E-state index contributed by atoms with van der Waals surface area (Å²) in [6.45, 7) is 1.90. The molecule has 2 atom stereocenters. The van der Waals surface area contributed by atoms with Crippen LogP contribution in [-0.2, 0) is 0 Å². The monoisotopic (exact) mass is 277 g/mol. The summed E-state index contributed by atoms with van der Waals surface area (Å²) in [6, 6.07) is 5.03. The standard InChI is InChI=1S/C17H24FNO/c1-12-10-13(18)6-7-14(12)20-16-11-15(19)17(16)8-4-2-3-5-9-17/h6-7,10,15-16H,2-5,8-9,11,19H2,1H3. The van der Waals surface area contributed by atoms with Crippen LogP contribution < -0.4 is 10.5 Å². The normalized spacial score (nSPS) is 28.8. The topological polar surface area (TPSA) is 35.2 Å². The van der Waals surface area contributed by atoms with Gasteiger partial charge >= 0.3 is 0 Å². The first-order chi connectivity index (χ1) is 9.62. The van der Waals surface area contributed by atoms with E-state index in [1.54, 1.807) is 6.07 Å². The Hall–Kier alpha value is -1.09. The molecule has 1 aromatic carbocycles. The van der Waals surface area contributed by atoms with E-state index >= 15 is 0 Å². The third-order valence-corrected chi connectivity index (χ3v) is 5.29. The molecule has 0 aromatic heterocycles. The molecule has 110 valence electrons. The molecule has 0 aliphatic heterocycles. The molecule has 1 spiro atoms. The van der Waals surface area contributed by atoms with Gasteiger partial charge in [0.05, 0.1) is 0 Å². The molecular weight excluding hydrogens is 253 g/mol. The average molecular weight is 277 g/mol. The SMILES string of the molecule is Cc1cc(F)ccc1OC1CC(N)C12CCCCCC2. The lowest BCUT2D eigenvalue weighted by atomic mass is 9.58. The van der Waals surface area contributed by atoms with Crippen LogP contribution in [0.4, 0.5) is 4.39 Å². The zero-order chi connectivity index (χ0) is 14.2. The van der Waals surface area contributed by atoms with Gasteiger partial charge in [0.1, 0.15) is 17.7 Å². The quantitative estimate of drug-likeness (QED) is 0.888. The zero-order valence-electron chi connectivity index (χ0n) is 12.2. The molecule has 2 saturated carbocycles. The number of aryl methyl sites for hydroxylation is 1. The fourth-order valence-electron chi connectivity index (χ4n) is 3.92. The van der Waals surface area contributed by atoms with Crippen molar-refractivity contribution in [3.05, 3.63) is 29.6 Å². The van der Waals surface area contributed by atoms with Crippen LogP contribution in [0.3, 0.4) is 0 Å². The molecule has 2 aliphatic carbocycles. The highest BCUT2D eigenvalue weighted by molar-refractivity contribution is 5.33. The van der Waals surface area contributed by atoms with Gasteiger partial charge in [0.2, 0.25) is 0 Å². The van der Waals surface area contributed by atoms with Gasteiger partial charge in [-0.1, -0.05) is 25.7 Å². The number of ether oxygens (including phenoxy) is 1. The van der Waals surface area contributed by atoms with E-state index in [2.05, 4.69) is 0 Å². The zero-order valence-corrected chi connectivity index (χ0v) is 12.2. The molecule has 20 heavy (non-hydrogen) atoms. The van der Waals surface area contributed by atoms with Gasteiger partial charge in [0.15, 0.2) is 0 Å². The fourth-order valence-corrected chi connectivity index (χ4v) is 3.92. The van der Waals surface area contributed by atoms with Crippen molar-refractivity contribution in [1.82, 2.24) is 0 Å². The predicted octanol–water partition coefficient (Wildman–Crippen LogP) is 3.95. The summed E-state index contributed by atoms with van der Waals surface area (Å²) >= 11 is 0. The second-order valence-corrected chi connectivity index (χ2v) is 6.51. The molecular formula is C17H24FNO. The van der Waals surface area contributed by atoms with Crippen molar-refractivity contribution in [3.63, 3.8) is 0 Å². The predicted molar refractivity (Wildman–Crippen MR) is 78.3 cm³/mol. The molecule has 2 nitrogen and oxygen atoms in total. The maximum Gasteiger partial charge on any atom is 0.123 e. The Morgan fingerprint density at radius 3 is 2.50 bits per heavy atom. The lowest BCUT2D eigenvalue weighted by Crippen LogP contribution is -2.63. The lowest BCUT2D eigenvalue weighted by Gasteiger charge is -2.54. The maximum absolute atomic E-state index is 13.2. The van der Waals surface area contributed by atoms with E-state index in [1.807, 2.05) is 6.92 Å². The van der Waals surface area contributed by atoms with Crippen LogP contribution in [0.2, 0.25) is 0 Å². The summed E-state index contributed by atoms with van der Waals surface area (Å²) in [4.78, 5) is 0. The molecule has 2 fully saturated rings. The minimum atomic E-state index is -0.204. The van der Waals surface area contributed by atoms with Crippen LogP contribution in [0.25, 0.3) is 0 Å². The minimum Gasteiger partial charge on any atom is -0.489 e. The van der Waals surface area contributed by atoms with Crippen molar-refractivity contribution < 1.29 is 9.13 Å². The van der Waals surface area contributed by atoms with Crippen LogP contribution in [0, 0.1) is 18.2 Å². The molecule has 0 saturated heterocycles. The Labute approximate surface area is 120 Å². The summed E-state index contributed by atoms with van der Waals surface area (Å²) in [6.07, 6.45) is 8.65. The van der Waals surface area contributed by atoms with Gasteiger partial charge in [-0.2, -0.15) is 0 Å². The highest BCUT2D eigenvalue weighted by atomic mass is 19.1. The molecule has 2 N–H and O–H groups in total. The molecule has 3 heteroatoms. The van der Waals surface area contributed by atoms with E-state index in [4.69, 9.17) is 10.5 Å². The van der Waals surface area contributed by atoms with Gasteiger partial charge in [-0.15, -0.1) is 0 Å². The Balaban J connectivity index is 1.76. The Bertz CT molecular complexity index is 480. The van der Waals surface area contributed by atoms with Crippen molar-refractivity contribution >= 4 is 0 Å². The number of rotatable bonds is 2. The van der Waals surface area contributed by atoms with E-state index in [1.165, 1.54) is 50.7 Å². The van der Waals surface area contributed by atoms with Gasteiger partial charge in [-0.25, -0.2) is 4.39 Å². The number of nitrogens with two attached hydrogens (primary N) is 1. The summed E-state index contributed by atoms with van der Waals surface area (Å²) in [5.41, 5.74) is 7.36. The van der Waals surface area contributed by atoms with Crippen molar-refractivity contribution in [1.29, 1.82) is 0 Å². The number of hydrogen-bond acceptors (Lipinski definition) is 2. The second-order valence-electron chi connectivity index (χ2n) is 6.51. The second kappa shape index (κ2) is 5.36. The molecule has 0 heterocycles. The number of benzene rings is 1. The van der Waals surface area contributed by atoms with E-state index in [0.717, 1.165) is 17.7 Å². The first-order valence-electron chi connectivity index (χ1n) is 7.80. The molecule has 0 amide bonds. The average Bonchev–Trinajstić information content (AvgIpc) is 2.69. The van der Waals surface area contributed by atoms with Crippen molar-refractivity contribution in [3.8, 4) is 5.75 Å². The molecule has 3 rings (SSSR count).